The lowest BCUT2D eigenvalue weighted by Crippen LogP contribution is -2.43. The van der Waals surface area contributed by atoms with Crippen molar-refractivity contribution >= 4 is 22.8 Å². The van der Waals surface area contributed by atoms with Gasteiger partial charge in [0.25, 0.3) is 0 Å². The summed E-state index contributed by atoms with van der Waals surface area (Å²) in [5.41, 5.74) is 2.93. The molecule has 146 valence electrons. The van der Waals surface area contributed by atoms with E-state index in [1.165, 1.54) is 5.56 Å². The third-order valence-electron chi connectivity index (χ3n) is 5.59. The van der Waals surface area contributed by atoms with Crippen LogP contribution in [0.4, 0.5) is 5.82 Å². The van der Waals surface area contributed by atoms with Crippen molar-refractivity contribution in [3.63, 3.8) is 0 Å². The predicted octanol–water partition coefficient (Wildman–Crippen LogP) is 3.41. The van der Waals surface area contributed by atoms with Crippen LogP contribution in [0.25, 0.3) is 11.1 Å². The Morgan fingerprint density at radius 1 is 1.25 bits per heavy atom. The van der Waals surface area contributed by atoms with Crippen molar-refractivity contribution in [2.45, 2.75) is 33.1 Å². The lowest BCUT2D eigenvalue weighted by molar-refractivity contribution is -0.125. The van der Waals surface area contributed by atoms with Gasteiger partial charge in [0, 0.05) is 25.2 Å². The molecule has 1 amide bonds. The summed E-state index contributed by atoms with van der Waals surface area (Å²) in [4.78, 5) is 23.7. The second kappa shape index (κ2) is 8.00. The van der Waals surface area contributed by atoms with E-state index in [-0.39, 0.29) is 11.8 Å². The van der Waals surface area contributed by atoms with Gasteiger partial charge >= 0.3 is 0 Å². The van der Waals surface area contributed by atoms with E-state index in [0.29, 0.717) is 18.8 Å². The molecule has 0 saturated carbocycles. The molecule has 28 heavy (non-hydrogen) atoms. The topological polar surface area (TPSA) is 71.3 Å². The van der Waals surface area contributed by atoms with Gasteiger partial charge in [0.05, 0.1) is 11.3 Å². The molecular formula is C22H26N4O2. The predicted molar refractivity (Wildman–Crippen MR) is 109 cm³/mol. The summed E-state index contributed by atoms with van der Waals surface area (Å²) in [5, 5.41) is 4.07. The van der Waals surface area contributed by atoms with Crippen molar-refractivity contribution in [3.05, 3.63) is 53.5 Å². The highest BCUT2D eigenvalue weighted by Gasteiger charge is 2.28. The molecule has 0 spiro atoms. The molecule has 4 rings (SSSR count). The maximum absolute atomic E-state index is 12.7. The summed E-state index contributed by atoms with van der Waals surface area (Å²) in [6.07, 6.45) is 4.27. The minimum atomic E-state index is -0.0251. The second-order valence-electron chi connectivity index (χ2n) is 7.47. The van der Waals surface area contributed by atoms with Crippen molar-refractivity contribution in [2.75, 3.05) is 24.5 Å². The van der Waals surface area contributed by atoms with Gasteiger partial charge in [-0.05, 0) is 38.7 Å². The highest BCUT2D eigenvalue weighted by Crippen LogP contribution is 2.32. The lowest BCUT2D eigenvalue weighted by Gasteiger charge is -2.33. The summed E-state index contributed by atoms with van der Waals surface area (Å²) < 4.78 is 5.74. The van der Waals surface area contributed by atoms with Gasteiger partial charge in [0.2, 0.25) is 11.6 Å². The fourth-order valence-electron chi connectivity index (χ4n) is 3.91. The SMILES string of the molecule is Cc1oc2ncnc(N3CCC[C@@H](C(=O)NCCc4ccccc4)C3)c2c1C. The second-order valence-corrected chi connectivity index (χ2v) is 7.47. The standard InChI is InChI=1S/C22H26N4O2/c1-15-16(2)28-22-19(15)20(24-14-25-22)26-12-6-9-18(13-26)21(27)23-11-10-17-7-4-3-5-8-17/h3-5,7-8,14,18H,6,9-13H2,1-2H3,(H,23,27)/t18-/m1/s1. The monoisotopic (exact) mass is 378 g/mol. The average Bonchev–Trinajstić information content (AvgIpc) is 3.03. The number of furan rings is 1. The Morgan fingerprint density at radius 3 is 2.89 bits per heavy atom. The van der Waals surface area contributed by atoms with Crippen molar-refractivity contribution in [3.8, 4) is 0 Å². The Kier molecular flexibility index (Phi) is 5.28. The number of carbonyl (C=O) groups is 1. The van der Waals surface area contributed by atoms with E-state index in [4.69, 9.17) is 4.42 Å². The molecule has 1 aliphatic heterocycles. The fourth-order valence-corrected chi connectivity index (χ4v) is 3.91. The molecule has 1 aliphatic rings. The fraction of sp³-hybridized carbons (Fsp3) is 0.409. The van der Waals surface area contributed by atoms with Crippen LogP contribution in [0.15, 0.2) is 41.1 Å². The zero-order valence-electron chi connectivity index (χ0n) is 16.4. The molecule has 1 N–H and O–H groups in total. The van der Waals surface area contributed by atoms with Crippen LogP contribution in [0.3, 0.4) is 0 Å². The number of hydrogen-bond donors (Lipinski definition) is 1. The molecule has 0 radical (unpaired) electrons. The van der Waals surface area contributed by atoms with Gasteiger partial charge in [-0.3, -0.25) is 4.79 Å². The third-order valence-corrected chi connectivity index (χ3v) is 5.59. The van der Waals surface area contributed by atoms with Gasteiger partial charge in [-0.2, -0.15) is 0 Å². The van der Waals surface area contributed by atoms with Crippen LogP contribution in [-0.4, -0.2) is 35.5 Å². The highest BCUT2D eigenvalue weighted by molar-refractivity contribution is 5.90. The van der Waals surface area contributed by atoms with Gasteiger partial charge in [-0.15, -0.1) is 0 Å². The Balaban J connectivity index is 1.42. The lowest BCUT2D eigenvalue weighted by atomic mass is 9.96. The normalized spacial score (nSPS) is 17.1. The quantitative estimate of drug-likeness (QED) is 0.737. The summed E-state index contributed by atoms with van der Waals surface area (Å²) >= 11 is 0. The van der Waals surface area contributed by atoms with Gasteiger partial charge in [0.1, 0.15) is 17.9 Å². The largest absolute Gasteiger partial charge is 0.443 e. The number of fused-ring (bicyclic) bond motifs is 1. The molecule has 1 saturated heterocycles. The van der Waals surface area contributed by atoms with Crippen LogP contribution in [0, 0.1) is 19.8 Å². The van der Waals surface area contributed by atoms with E-state index in [2.05, 4.69) is 32.3 Å². The first-order valence-electron chi connectivity index (χ1n) is 9.91. The van der Waals surface area contributed by atoms with Crippen LogP contribution in [-0.2, 0) is 11.2 Å². The number of benzene rings is 1. The molecule has 1 atom stereocenters. The first-order valence-corrected chi connectivity index (χ1v) is 9.91. The molecule has 1 aromatic carbocycles. The molecule has 0 aliphatic carbocycles. The van der Waals surface area contributed by atoms with Crippen molar-refractivity contribution in [1.29, 1.82) is 0 Å². The number of aromatic nitrogens is 2. The number of nitrogens with one attached hydrogen (secondary N) is 1. The van der Waals surface area contributed by atoms with Crippen LogP contribution in [0.2, 0.25) is 0 Å². The van der Waals surface area contributed by atoms with E-state index in [1.54, 1.807) is 6.33 Å². The first-order chi connectivity index (χ1) is 13.6. The number of carbonyl (C=O) groups excluding carboxylic acids is 1. The maximum Gasteiger partial charge on any atom is 0.231 e. The Labute approximate surface area is 165 Å². The molecule has 0 unspecified atom stereocenters. The molecular weight excluding hydrogens is 352 g/mol. The smallest absolute Gasteiger partial charge is 0.231 e. The molecule has 3 heterocycles. The van der Waals surface area contributed by atoms with Crippen molar-refractivity contribution in [1.82, 2.24) is 15.3 Å². The van der Waals surface area contributed by atoms with Crippen LogP contribution < -0.4 is 10.2 Å². The Hall–Kier alpha value is -2.89. The minimum absolute atomic E-state index is 0.0251. The molecule has 2 aromatic heterocycles. The van der Waals surface area contributed by atoms with Crippen LogP contribution in [0.5, 0.6) is 0 Å². The van der Waals surface area contributed by atoms with E-state index in [9.17, 15) is 4.79 Å². The highest BCUT2D eigenvalue weighted by atomic mass is 16.3. The third kappa shape index (κ3) is 3.72. The van der Waals surface area contributed by atoms with E-state index < -0.39 is 0 Å². The Bertz CT molecular complexity index is 967. The van der Waals surface area contributed by atoms with Crippen molar-refractivity contribution < 1.29 is 9.21 Å². The summed E-state index contributed by atoms with van der Waals surface area (Å²) in [6.45, 7) is 6.21. The van der Waals surface area contributed by atoms with Crippen LogP contribution >= 0.6 is 0 Å². The maximum atomic E-state index is 12.7. The molecule has 1 fully saturated rings. The van der Waals surface area contributed by atoms with Gasteiger partial charge in [-0.1, -0.05) is 30.3 Å². The molecule has 3 aromatic rings. The van der Waals surface area contributed by atoms with Gasteiger partial charge < -0.3 is 14.6 Å². The summed E-state index contributed by atoms with van der Waals surface area (Å²) in [7, 11) is 0. The molecule has 6 heteroatoms. The van der Waals surface area contributed by atoms with Crippen molar-refractivity contribution in [2.24, 2.45) is 5.92 Å². The number of anilines is 1. The van der Waals surface area contributed by atoms with E-state index in [1.807, 2.05) is 32.0 Å². The number of rotatable bonds is 5. The molecule has 0 bridgehead atoms. The number of nitrogens with zero attached hydrogens (tertiary/aromatic N) is 3. The average molecular weight is 378 g/mol. The number of hydrogen-bond acceptors (Lipinski definition) is 5. The molecule has 6 nitrogen and oxygen atoms in total. The van der Waals surface area contributed by atoms with Gasteiger partial charge in [-0.25, -0.2) is 9.97 Å². The Morgan fingerprint density at radius 2 is 2.07 bits per heavy atom. The summed E-state index contributed by atoms with van der Waals surface area (Å²) in [5.74, 6) is 1.85. The summed E-state index contributed by atoms with van der Waals surface area (Å²) in [6, 6.07) is 10.2. The van der Waals surface area contributed by atoms with Crippen LogP contribution in [0.1, 0.15) is 29.7 Å². The minimum Gasteiger partial charge on any atom is -0.443 e. The zero-order chi connectivity index (χ0) is 19.5. The number of aryl methyl sites for hydroxylation is 2. The van der Waals surface area contributed by atoms with E-state index >= 15 is 0 Å². The van der Waals surface area contributed by atoms with Gasteiger partial charge in [0.15, 0.2) is 0 Å². The number of piperidine rings is 1. The number of amides is 1. The van der Waals surface area contributed by atoms with E-state index in [0.717, 1.165) is 48.3 Å². The zero-order valence-corrected chi connectivity index (χ0v) is 16.4. The first kappa shape index (κ1) is 18.5.